The molecule has 0 radical (unpaired) electrons. The predicted octanol–water partition coefficient (Wildman–Crippen LogP) is 6.03. The number of benzene rings is 3. The molecule has 0 aromatic heterocycles. The number of imide groups is 1. The fourth-order valence-corrected chi connectivity index (χ4v) is 3.75. The Morgan fingerprint density at radius 3 is 2.15 bits per heavy atom. The first-order valence-electron chi connectivity index (χ1n) is 10.3. The number of rotatable bonds is 4. The monoisotopic (exact) mass is 450 g/mol. The van der Waals surface area contributed by atoms with Gasteiger partial charge in [-0.3, -0.25) is 9.59 Å². The molecule has 1 aliphatic rings. The van der Waals surface area contributed by atoms with Gasteiger partial charge in [-0.1, -0.05) is 48.0 Å². The molecular formula is C26H21F3N2O2. The maximum atomic E-state index is 13.5. The minimum atomic E-state index is -4.54. The number of hydrogen-bond acceptors (Lipinski definition) is 3. The SMILES string of the molecule is Cc1ccc(C2=C(Nc3cccc(C(F)(F)F)c3)C(=O)N(c3cccc(C)c3C)C2=O)cc1. The molecule has 0 fully saturated rings. The summed E-state index contributed by atoms with van der Waals surface area (Å²) in [5.41, 5.74) is 2.84. The van der Waals surface area contributed by atoms with E-state index < -0.39 is 23.6 Å². The van der Waals surface area contributed by atoms with Gasteiger partial charge in [0.15, 0.2) is 0 Å². The van der Waals surface area contributed by atoms with Gasteiger partial charge >= 0.3 is 6.18 Å². The topological polar surface area (TPSA) is 49.4 Å². The van der Waals surface area contributed by atoms with Crippen LogP contribution in [0.15, 0.2) is 72.4 Å². The highest BCUT2D eigenvalue weighted by atomic mass is 19.4. The van der Waals surface area contributed by atoms with Crippen LogP contribution in [-0.2, 0) is 15.8 Å². The van der Waals surface area contributed by atoms with Gasteiger partial charge in [-0.15, -0.1) is 0 Å². The van der Waals surface area contributed by atoms with E-state index in [1.54, 1.807) is 24.3 Å². The zero-order valence-electron chi connectivity index (χ0n) is 18.2. The number of carbonyl (C=O) groups is 2. The molecule has 3 aromatic rings. The van der Waals surface area contributed by atoms with Crippen LogP contribution < -0.4 is 10.2 Å². The maximum Gasteiger partial charge on any atom is 0.416 e. The lowest BCUT2D eigenvalue weighted by Crippen LogP contribution is -2.33. The van der Waals surface area contributed by atoms with Gasteiger partial charge in [-0.2, -0.15) is 13.2 Å². The molecule has 4 nitrogen and oxygen atoms in total. The van der Waals surface area contributed by atoms with Gasteiger partial charge in [0.25, 0.3) is 11.8 Å². The summed E-state index contributed by atoms with van der Waals surface area (Å²) in [6.07, 6.45) is -4.54. The van der Waals surface area contributed by atoms with Gasteiger partial charge in [0.05, 0.1) is 16.8 Å². The second-order valence-electron chi connectivity index (χ2n) is 7.98. The molecule has 4 rings (SSSR count). The second-order valence-corrected chi connectivity index (χ2v) is 7.98. The molecule has 0 saturated carbocycles. The Hall–Kier alpha value is -3.87. The van der Waals surface area contributed by atoms with Crippen molar-refractivity contribution < 1.29 is 22.8 Å². The largest absolute Gasteiger partial charge is 0.416 e. The highest BCUT2D eigenvalue weighted by molar-refractivity contribution is 6.46. The summed E-state index contributed by atoms with van der Waals surface area (Å²) in [5.74, 6) is -1.16. The Kier molecular flexibility index (Phi) is 5.57. The minimum Gasteiger partial charge on any atom is -0.350 e. The van der Waals surface area contributed by atoms with Gasteiger partial charge < -0.3 is 5.32 Å². The molecule has 2 amide bonds. The molecule has 1 N–H and O–H groups in total. The molecule has 0 saturated heterocycles. The van der Waals surface area contributed by atoms with E-state index in [-0.39, 0.29) is 17.0 Å². The zero-order chi connectivity index (χ0) is 23.9. The third-order valence-corrected chi connectivity index (χ3v) is 5.70. The first-order chi connectivity index (χ1) is 15.6. The van der Waals surface area contributed by atoms with E-state index in [0.29, 0.717) is 11.3 Å². The Morgan fingerprint density at radius 1 is 0.818 bits per heavy atom. The third-order valence-electron chi connectivity index (χ3n) is 5.70. The number of aryl methyl sites for hydroxylation is 2. The number of amides is 2. The van der Waals surface area contributed by atoms with Gasteiger partial charge in [0.2, 0.25) is 0 Å². The van der Waals surface area contributed by atoms with E-state index in [2.05, 4.69) is 5.32 Å². The number of carbonyl (C=O) groups excluding carboxylic acids is 2. The van der Waals surface area contributed by atoms with Crippen molar-refractivity contribution in [1.29, 1.82) is 0 Å². The number of anilines is 2. The summed E-state index contributed by atoms with van der Waals surface area (Å²) >= 11 is 0. The van der Waals surface area contributed by atoms with Gasteiger partial charge in [-0.05, 0) is 61.7 Å². The van der Waals surface area contributed by atoms with Crippen LogP contribution in [0.5, 0.6) is 0 Å². The molecule has 0 aliphatic carbocycles. The van der Waals surface area contributed by atoms with Gasteiger partial charge in [0.1, 0.15) is 5.70 Å². The molecule has 7 heteroatoms. The lowest BCUT2D eigenvalue weighted by Gasteiger charge is -2.19. The highest BCUT2D eigenvalue weighted by Gasteiger charge is 2.41. The molecule has 33 heavy (non-hydrogen) atoms. The van der Waals surface area contributed by atoms with Crippen molar-refractivity contribution in [3.05, 3.63) is 100 Å². The lowest BCUT2D eigenvalue weighted by atomic mass is 10.0. The molecule has 3 aromatic carbocycles. The Labute approximate surface area is 189 Å². The fourth-order valence-electron chi connectivity index (χ4n) is 3.75. The molecule has 0 unspecified atom stereocenters. The Balaban J connectivity index is 1.84. The van der Waals surface area contributed by atoms with E-state index >= 15 is 0 Å². The second kappa shape index (κ2) is 8.24. The van der Waals surface area contributed by atoms with E-state index in [9.17, 15) is 22.8 Å². The van der Waals surface area contributed by atoms with Crippen LogP contribution in [-0.4, -0.2) is 11.8 Å². The summed E-state index contributed by atoms with van der Waals surface area (Å²) < 4.78 is 39.6. The van der Waals surface area contributed by atoms with Crippen LogP contribution in [0, 0.1) is 20.8 Å². The summed E-state index contributed by atoms with van der Waals surface area (Å²) in [6.45, 7) is 5.58. The summed E-state index contributed by atoms with van der Waals surface area (Å²) in [7, 11) is 0. The van der Waals surface area contributed by atoms with Crippen LogP contribution in [0.4, 0.5) is 24.5 Å². The van der Waals surface area contributed by atoms with E-state index in [1.165, 1.54) is 12.1 Å². The van der Waals surface area contributed by atoms with Gasteiger partial charge in [0, 0.05) is 5.69 Å². The van der Waals surface area contributed by atoms with E-state index in [4.69, 9.17) is 0 Å². The van der Waals surface area contributed by atoms with Gasteiger partial charge in [-0.25, -0.2) is 4.90 Å². The van der Waals surface area contributed by atoms with Crippen molar-refractivity contribution in [2.75, 3.05) is 10.2 Å². The quantitative estimate of drug-likeness (QED) is 0.494. The van der Waals surface area contributed by atoms with Crippen LogP contribution in [0.3, 0.4) is 0 Å². The fraction of sp³-hybridized carbons (Fsp3) is 0.154. The van der Waals surface area contributed by atoms with Crippen LogP contribution >= 0.6 is 0 Å². The Morgan fingerprint density at radius 2 is 1.48 bits per heavy atom. The zero-order valence-corrected chi connectivity index (χ0v) is 18.2. The van der Waals surface area contributed by atoms with Crippen molar-refractivity contribution in [3.8, 4) is 0 Å². The number of nitrogens with one attached hydrogen (secondary N) is 1. The molecule has 0 bridgehead atoms. The van der Waals surface area contributed by atoms with Crippen LogP contribution in [0.1, 0.15) is 27.8 Å². The molecule has 168 valence electrons. The molecule has 1 aliphatic heterocycles. The standard InChI is InChI=1S/C26H21F3N2O2/c1-15-10-12-18(13-11-15)22-23(30-20-8-5-7-19(14-20)26(27,28)29)25(33)31(24(22)32)21-9-4-6-16(2)17(21)3/h4-14,30H,1-3H3. The van der Waals surface area contributed by atoms with E-state index in [1.807, 2.05) is 39.0 Å². The number of hydrogen-bond donors (Lipinski definition) is 1. The van der Waals surface area contributed by atoms with E-state index in [0.717, 1.165) is 33.7 Å². The molecular weight excluding hydrogens is 429 g/mol. The summed E-state index contributed by atoms with van der Waals surface area (Å²) in [6, 6.07) is 16.9. The average molecular weight is 450 g/mol. The molecule has 0 atom stereocenters. The number of halogens is 3. The smallest absolute Gasteiger partial charge is 0.350 e. The molecule has 1 heterocycles. The molecule has 0 spiro atoms. The lowest BCUT2D eigenvalue weighted by molar-refractivity contribution is -0.137. The number of nitrogens with zero attached hydrogens (tertiary/aromatic N) is 1. The predicted molar refractivity (Wildman–Crippen MR) is 122 cm³/mol. The summed E-state index contributed by atoms with van der Waals surface area (Å²) in [4.78, 5) is 28.1. The van der Waals surface area contributed by atoms with Crippen molar-refractivity contribution in [3.63, 3.8) is 0 Å². The summed E-state index contributed by atoms with van der Waals surface area (Å²) in [5, 5.41) is 2.80. The first kappa shape index (κ1) is 22.3. The average Bonchev–Trinajstić information content (AvgIpc) is 3.00. The number of alkyl halides is 3. The van der Waals surface area contributed by atoms with Crippen molar-refractivity contribution in [2.24, 2.45) is 0 Å². The van der Waals surface area contributed by atoms with Crippen LogP contribution in [0.25, 0.3) is 5.57 Å². The maximum absolute atomic E-state index is 13.5. The van der Waals surface area contributed by atoms with Crippen molar-refractivity contribution in [2.45, 2.75) is 26.9 Å². The van der Waals surface area contributed by atoms with Crippen molar-refractivity contribution in [1.82, 2.24) is 0 Å². The normalized spacial score (nSPS) is 14.3. The van der Waals surface area contributed by atoms with Crippen LogP contribution in [0.2, 0.25) is 0 Å². The van der Waals surface area contributed by atoms with Crippen molar-refractivity contribution >= 4 is 28.8 Å². The third kappa shape index (κ3) is 4.14. The minimum absolute atomic E-state index is 0.0633. The first-order valence-corrected chi connectivity index (χ1v) is 10.3. The highest BCUT2D eigenvalue weighted by Crippen LogP contribution is 2.37. The Bertz CT molecular complexity index is 1290.